The van der Waals surface area contributed by atoms with Gasteiger partial charge in [0.2, 0.25) is 0 Å². The van der Waals surface area contributed by atoms with Crippen LogP contribution >= 0.6 is 0 Å². The van der Waals surface area contributed by atoms with Crippen LogP contribution in [0, 0.1) is 17.8 Å². The molecule has 4 aliphatic carbocycles. The normalized spacial score (nSPS) is 45.2. The monoisotopic (exact) mass is 281 g/mol. The second kappa shape index (κ2) is 3.99. The van der Waals surface area contributed by atoms with Crippen LogP contribution in [0.4, 0.5) is 0 Å². The summed E-state index contributed by atoms with van der Waals surface area (Å²) in [5.41, 5.74) is 4.78. The third-order valence-electron chi connectivity index (χ3n) is 6.59. The lowest BCUT2D eigenvalue weighted by Gasteiger charge is -2.50. The minimum absolute atomic E-state index is 0.233. The Bertz CT molecular complexity index is 634. The van der Waals surface area contributed by atoms with Crippen molar-refractivity contribution in [3.05, 3.63) is 47.0 Å². The number of rotatable bonds is 1. The van der Waals surface area contributed by atoms with Gasteiger partial charge >= 0.3 is 0 Å². The molecule has 2 nitrogen and oxygen atoms in total. The van der Waals surface area contributed by atoms with Crippen molar-refractivity contribution >= 4 is 0 Å². The summed E-state index contributed by atoms with van der Waals surface area (Å²) in [5.74, 6) is 3.03. The van der Waals surface area contributed by atoms with Gasteiger partial charge in [-0.15, -0.1) is 0 Å². The van der Waals surface area contributed by atoms with E-state index in [1.807, 2.05) is 0 Å². The average molecular weight is 281 g/mol. The summed E-state index contributed by atoms with van der Waals surface area (Å²) < 4.78 is 0. The van der Waals surface area contributed by atoms with Crippen LogP contribution in [0.5, 0.6) is 0 Å². The quantitative estimate of drug-likeness (QED) is 0.800. The first kappa shape index (κ1) is 12.4. The summed E-state index contributed by atoms with van der Waals surface area (Å²) in [6.45, 7) is 0. The fraction of sp³-hybridized carbons (Fsp3) is 0.579. The zero-order chi connectivity index (χ0) is 14.3. The highest BCUT2D eigenvalue weighted by Crippen LogP contribution is 2.66. The Hall–Kier alpha value is -1.12. The number of aliphatic hydroxyl groups is 1. The van der Waals surface area contributed by atoms with Gasteiger partial charge in [-0.1, -0.05) is 30.4 Å². The van der Waals surface area contributed by atoms with Gasteiger partial charge in [0.15, 0.2) is 0 Å². The van der Waals surface area contributed by atoms with Crippen molar-refractivity contribution < 1.29 is 5.11 Å². The van der Waals surface area contributed by atoms with Gasteiger partial charge in [0.05, 0.1) is 6.10 Å². The Morgan fingerprint density at radius 3 is 2.86 bits per heavy atom. The number of hydrogen-bond acceptors (Lipinski definition) is 2. The van der Waals surface area contributed by atoms with Crippen molar-refractivity contribution in [3.63, 3.8) is 0 Å². The van der Waals surface area contributed by atoms with Gasteiger partial charge in [0.1, 0.15) is 0 Å². The first-order valence-electron chi connectivity index (χ1n) is 8.31. The number of aliphatic hydroxyl groups excluding tert-OH is 1. The van der Waals surface area contributed by atoms with Crippen molar-refractivity contribution in [3.8, 4) is 0 Å². The van der Waals surface area contributed by atoms with E-state index in [-0.39, 0.29) is 6.10 Å². The van der Waals surface area contributed by atoms with Crippen LogP contribution < -0.4 is 0 Å². The van der Waals surface area contributed by atoms with E-state index in [1.165, 1.54) is 6.42 Å². The highest BCUT2D eigenvalue weighted by atomic mass is 16.3. The molecule has 0 aliphatic heterocycles. The van der Waals surface area contributed by atoms with Crippen molar-refractivity contribution in [2.45, 2.75) is 36.8 Å². The number of benzene rings is 1. The topological polar surface area (TPSA) is 23.5 Å². The SMILES string of the molecule is CN(C)C1Cc2cccc3c2C2C1C=C[C@H](O)[C@@H]2C1C[C@@H]31. The minimum Gasteiger partial charge on any atom is -0.389 e. The van der Waals surface area contributed by atoms with Crippen molar-refractivity contribution in [1.29, 1.82) is 0 Å². The van der Waals surface area contributed by atoms with Crippen molar-refractivity contribution in [1.82, 2.24) is 4.90 Å². The Labute approximate surface area is 126 Å². The fourth-order valence-electron chi connectivity index (χ4n) is 5.66. The average Bonchev–Trinajstić information content (AvgIpc) is 3.26. The number of fused-ring (bicyclic) bond motifs is 3. The molecule has 4 aliphatic rings. The zero-order valence-corrected chi connectivity index (χ0v) is 12.7. The molecule has 1 saturated carbocycles. The van der Waals surface area contributed by atoms with Crippen LogP contribution in [0.25, 0.3) is 0 Å². The Balaban J connectivity index is 1.75. The number of nitrogens with zero attached hydrogens (tertiary/aromatic N) is 1. The van der Waals surface area contributed by atoms with Crippen molar-refractivity contribution in [2.75, 3.05) is 14.1 Å². The molecule has 1 N–H and O–H groups in total. The van der Waals surface area contributed by atoms with Gasteiger partial charge in [0.25, 0.3) is 0 Å². The van der Waals surface area contributed by atoms with Gasteiger partial charge in [-0.2, -0.15) is 0 Å². The Kier molecular flexibility index (Phi) is 2.36. The second-order valence-corrected chi connectivity index (χ2v) is 7.72. The summed E-state index contributed by atoms with van der Waals surface area (Å²) >= 11 is 0. The largest absolute Gasteiger partial charge is 0.389 e. The summed E-state index contributed by atoms with van der Waals surface area (Å²) in [7, 11) is 4.41. The van der Waals surface area contributed by atoms with E-state index < -0.39 is 0 Å². The lowest BCUT2D eigenvalue weighted by atomic mass is 9.58. The highest BCUT2D eigenvalue weighted by Gasteiger charge is 2.58. The van der Waals surface area contributed by atoms with E-state index in [0.717, 1.165) is 18.3 Å². The molecule has 110 valence electrons. The molecule has 0 spiro atoms. The van der Waals surface area contributed by atoms with Crippen LogP contribution in [0.3, 0.4) is 0 Å². The molecule has 2 heteroatoms. The van der Waals surface area contributed by atoms with E-state index in [9.17, 15) is 5.11 Å². The molecule has 4 unspecified atom stereocenters. The molecule has 21 heavy (non-hydrogen) atoms. The van der Waals surface area contributed by atoms with Crippen LogP contribution in [0.2, 0.25) is 0 Å². The van der Waals surface area contributed by atoms with Crippen LogP contribution in [-0.2, 0) is 6.42 Å². The van der Waals surface area contributed by atoms with Crippen LogP contribution in [0.15, 0.2) is 30.4 Å². The lowest BCUT2D eigenvalue weighted by molar-refractivity contribution is 0.0626. The molecule has 7 atom stereocenters. The molecule has 0 amide bonds. The molecule has 5 rings (SSSR count). The summed E-state index contributed by atoms with van der Waals surface area (Å²) in [4.78, 5) is 2.39. The molecule has 0 heterocycles. The van der Waals surface area contributed by atoms with Crippen LogP contribution in [-0.4, -0.2) is 36.2 Å². The van der Waals surface area contributed by atoms with Gasteiger partial charge in [-0.05, 0) is 73.2 Å². The first-order valence-corrected chi connectivity index (χ1v) is 8.31. The summed E-state index contributed by atoms with van der Waals surface area (Å²) in [5, 5.41) is 10.6. The zero-order valence-electron chi connectivity index (χ0n) is 12.7. The fourth-order valence-corrected chi connectivity index (χ4v) is 5.66. The van der Waals surface area contributed by atoms with E-state index in [0.29, 0.717) is 23.8 Å². The molecular formula is C19H23NO. The second-order valence-electron chi connectivity index (χ2n) is 7.72. The smallest absolute Gasteiger partial charge is 0.0758 e. The molecule has 0 bridgehead atoms. The lowest BCUT2D eigenvalue weighted by Crippen LogP contribution is -2.49. The maximum atomic E-state index is 10.6. The molecule has 0 radical (unpaired) electrons. The Morgan fingerprint density at radius 2 is 2.05 bits per heavy atom. The van der Waals surface area contributed by atoms with Gasteiger partial charge < -0.3 is 10.0 Å². The van der Waals surface area contributed by atoms with Gasteiger partial charge in [-0.3, -0.25) is 0 Å². The third kappa shape index (κ3) is 1.50. The first-order chi connectivity index (χ1) is 10.2. The summed E-state index contributed by atoms with van der Waals surface area (Å²) in [6.07, 6.45) is 6.63. The van der Waals surface area contributed by atoms with E-state index in [2.05, 4.69) is 49.3 Å². The summed E-state index contributed by atoms with van der Waals surface area (Å²) in [6, 6.07) is 7.51. The standard InChI is InChI=1S/C19H23NO/c1-20(2)15-8-10-4-3-5-11-13-9-14(13)18-16(21)7-6-12(15)19(18)17(10)11/h3-7,12-16,18-19,21H,8-9H2,1-2H3/t12?,13-,14?,15?,16-,18-,19?/m0/s1. The molecule has 1 fully saturated rings. The molecular weight excluding hydrogens is 258 g/mol. The van der Waals surface area contributed by atoms with E-state index >= 15 is 0 Å². The third-order valence-corrected chi connectivity index (χ3v) is 6.59. The van der Waals surface area contributed by atoms with Gasteiger partial charge in [0, 0.05) is 6.04 Å². The minimum atomic E-state index is -0.233. The highest BCUT2D eigenvalue weighted by molar-refractivity contribution is 5.51. The molecule has 0 saturated heterocycles. The van der Waals surface area contributed by atoms with Crippen LogP contribution in [0.1, 0.15) is 34.9 Å². The van der Waals surface area contributed by atoms with E-state index in [1.54, 1.807) is 16.7 Å². The maximum absolute atomic E-state index is 10.6. The van der Waals surface area contributed by atoms with E-state index in [4.69, 9.17) is 0 Å². The molecule has 1 aromatic rings. The maximum Gasteiger partial charge on any atom is 0.0758 e. The molecule has 1 aromatic carbocycles. The molecule has 0 aromatic heterocycles. The Morgan fingerprint density at radius 1 is 1.19 bits per heavy atom. The predicted octanol–water partition coefficient (Wildman–Crippen LogP) is 2.54. The number of hydrogen-bond donors (Lipinski definition) is 1. The predicted molar refractivity (Wildman–Crippen MR) is 83.3 cm³/mol. The van der Waals surface area contributed by atoms with Crippen molar-refractivity contribution in [2.24, 2.45) is 17.8 Å². The van der Waals surface area contributed by atoms with Gasteiger partial charge in [-0.25, -0.2) is 0 Å². The number of likely N-dealkylation sites (N-methyl/N-ethyl adjacent to an activating group) is 1.